The molecule has 0 aromatic heterocycles. The zero-order valence-corrected chi connectivity index (χ0v) is 15.7. The molecule has 2 aromatic carbocycles. The number of hydrogen-bond acceptors (Lipinski definition) is 6. The van der Waals surface area contributed by atoms with E-state index in [0.717, 1.165) is 0 Å². The van der Waals surface area contributed by atoms with E-state index in [1.165, 1.54) is 24.3 Å². The Morgan fingerprint density at radius 2 is 1.86 bits per heavy atom. The van der Waals surface area contributed by atoms with Crippen LogP contribution >= 0.6 is 0 Å². The lowest BCUT2D eigenvalue weighted by Gasteiger charge is -2.26. The molecule has 29 heavy (non-hydrogen) atoms. The van der Waals surface area contributed by atoms with Gasteiger partial charge in [0.05, 0.1) is 18.1 Å². The van der Waals surface area contributed by atoms with Crippen LogP contribution in [0, 0.1) is 10.1 Å². The molecule has 0 radical (unpaired) electrons. The molecule has 3 rings (SSSR count). The Kier molecular flexibility index (Phi) is 6.70. The van der Waals surface area contributed by atoms with Gasteiger partial charge in [0.1, 0.15) is 5.75 Å². The van der Waals surface area contributed by atoms with Crippen LogP contribution in [0.4, 0.5) is 5.69 Å². The summed E-state index contributed by atoms with van der Waals surface area (Å²) in [6.07, 6.45) is 2.89. The highest BCUT2D eigenvalue weighted by molar-refractivity contribution is 6.06. The van der Waals surface area contributed by atoms with E-state index in [1.54, 1.807) is 41.3 Å². The van der Waals surface area contributed by atoms with Crippen molar-refractivity contribution < 1.29 is 24.0 Å². The first-order valence-electron chi connectivity index (χ1n) is 9.08. The first-order valence-corrected chi connectivity index (χ1v) is 9.08. The Labute approximate surface area is 167 Å². The molecule has 0 unspecified atom stereocenters. The number of rotatable bonds is 7. The van der Waals surface area contributed by atoms with Gasteiger partial charge in [-0.05, 0) is 35.9 Å². The van der Waals surface area contributed by atoms with Crippen molar-refractivity contribution in [3.05, 3.63) is 75.8 Å². The van der Waals surface area contributed by atoms with Crippen LogP contribution in [-0.2, 0) is 9.53 Å². The van der Waals surface area contributed by atoms with Crippen LogP contribution in [0.2, 0.25) is 0 Å². The average Bonchev–Trinajstić information content (AvgIpc) is 2.77. The molecule has 0 atom stereocenters. The third-order valence-electron chi connectivity index (χ3n) is 4.37. The van der Waals surface area contributed by atoms with Crippen molar-refractivity contribution in [2.45, 2.75) is 0 Å². The fraction of sp³-hybridized carbons (Fsp3) is 0.238. The predicted molar refractivity (Wildman–Crippen MR) is 106 cm³/mol. The van der Waals surface area contributed by atoms with Gasteiger partial charge < -0.3 is 14.4 Å². The fourth-order valence-electron chi connectivity index (χ4n) is 2.77. The van der Waals surface area contributed by atoms with Gasteiger partial charge in [-0.1, -0.05) is 18.2 Å². The number of amides is 1. The van der Waals surface area contributed by atoms with Gasteiger partial charge in [0, 0.05) is 30.8 Å². The molecular formula is C21H20N2O6. The number of nitro groups is 1. The summed E-state index contributed by atoms with van der Waals surface area (Å²) in [4.78, 5) is 36.4. The highest BCUT2D eigenvalue weighted by Crippen LogP contribution is 2.16. The van der Waals surface area contributed by atoms with Crippen LogP contribution in [-0.4, -0.2) is 54.4 Å². The Morgan fingerprint density at radius 1 is 1.14 bits per heavy atom. The number of ether oxygens (including phenoxy) is 2. The number of benzene rings is 2. The molecule has 8 nitrogen and oxygen atoms in total. The Hall–Kier alpha value is -3.52. The van der Waals surface area contributed by atoms with E-state index in [-0.39, 0.29) is 24.0 Å². The molecule has 2 aromatic rings. The van der Waals surface area contributed by atoms with E-state index in [4.69, 9.17) is 9.47 Å². The first kappa shape index (κ1) is 20.2. The van der Waals surface area contributed by atoms with Crippen LogP contribution in [0.5, 0.6) is 5.75 Å². The lowest BCUT2D eigenvalue weighted by Crippen LogP contribution is -2.42. The van der Waals surface area contributed by atoms with E-state index < -0.39 is 4.92 Å². The Bertz CT molecular complexity index is 917. The summed E-state index contributed by atoms with van der Waals surface area (Å²) in [5.41, 5.74) is 0.973. The van der Waals surface area contributed by atoms with Crippen LogP contribution in [0.1, 0.15) is 15.9 Å². The number of ketones is 1. The lowest BCUT2D eigenvalue weighted by molar-refractivity contribution is -0.384. The quantitative estimate of drug-likeness (QED) is 0.309. The topological polar surface area (TPSA) is 99.0 Å². The van der Waals surface area contributed by atoms with Crippen molar-refractivity contribution in [1.82, 2.24) is 4.90 Å². The van der Waals surface area contributed by atoms with E-state index in [9.17, 15) is 19.7 Å². The maximum absolute atomic E-state index is 12.3. The number of morpholine rings is 1. The molecule has 1 fully saturated rings. The molecule has 0 bridgehead atoms. The number of carbonyl (C=O) groups excluding carboxylic acids is 2. The summed E-state index contributed by atoms with van der Waals surface area (Å²) in [5, 5.41) is 10.8. The monoisotopic (exact) mass is 396 g/mol. The second-order valence-corrected chi connectivity index (χ2v) is 6.36. The van der Waals surface area contributed by atoms with Gasteiger partial charge in [0.2, 0.25) is 0 Å². The summed E-state index contributed by atoms with van der Waals surface area (Å²) in [5.74, 6) is 0.145. The van der Waals surface area contributed by atoms with Gasteiger partial charge in [0.15, 0.2) is 12.4 Å². The summed E-state index contributed by atoms with van der Waals surface area (Å²) in [6.45, 7) is 2.12. The molecule has 0 saturated carbocycles. The number of carbonyl (C=O) groups is 2. The van der Waals surface area contributed by atoms with Crippen molar-refractivity contribution in [3.8, 4) is 5.75 Å². The molecule has 0 N–H and O–H groups in total. The minimum Gasteiger partial charge on any atom is -0.484 e. The first-order chi connectivity index (χ1) is 14.0. The van der Waals surface area contributed by atoms with Crippen molar-refractivity contribution >= 4 is 23.5 Å². The number of hydrogen-bond donors (Lipinski definition) is 0. The van der Waals surface area contributed by atoms with Crippen LogP contribution in [0.25, 0.3) is 6.08 Å². The van der Waals surface area contributed by atoms with Gasteiger partial charge in [0.25, 0.3) is 11.6 Å². The minimum absolute atomic E-state index is 0.0345. The van der Waals surface area contributed by atoms with Gasteiger partial charge in [-0.3, -0.25) is 19.7 Å². The second kappa shape index (κ2) is 9.61. The molecule has 0 aliphatic carbocycles. The number of nitro benzene ring substituents is 1. The number of nitrogens with zero attached hydrogens (tertiary/aromatic N) is 2. The third kappa shape index (κ3) is 5.73. The van der Waals surface area contributed by atoms with Crippen molar-refractivity contribution in [2.75, 3.05) is 32.9 Å². The fourth-order valence-corrected chi connectivity index (χ4v) is 2.77. The minimum atomic E-state index is -0.484. The van der Waals surface area contributed by atoms with Crippen LogP contribution in [0.3, 0.4) is 0 Å². The van der Waals surface area contributed by atoms with Crippen molar-refractivity contribution in [2.24, 2.45) is 0 Å². The standard InChI is InChI=1S/C21H20N2O6/c24-20(9-4-16-2-1-3-18(14-16)23(26)27)17-5-7-19(8-6-17)29-15-21(25)22-10-12-28-13-11-22/h1-9,14H,10-13,15H2/b9-4+. The van der Waals surface area contributed by atoms with Crippen molar-refractivity contribution in [3.63, 3.8) is 0 Å². The Morgan fingerprint density at radius 3 is 2.55 bits per heavy atom. The van der Waals surface area contributed by atoms with E-state index in [1.807, 2.05) is 0 Å². The zero-order chi connectivity index (χ0) is 20.6. The Balaban J connectivity index is 1.55. The second-order valence-electron chi connectivity index (χ2n) is 6.36. The van der Waals surface area contributed by atoms with Crippen LogP contribution < -0.4 is 4.74 Å². The predicted octanol–water partition coefficient (Wildman–Crippen LogP) is 2.73. The summed E-state index contributed by atoms with van der Waals surface area (Å²) in [6, 6.07) is 12.5. The highest BCUT2D eigenvalue weighted by Gasteiger charge is 2.17. The summed E-state index contributed by atoms with van der Waals surface area (Å²) >= 11 is 0. The van der Waals surface area contributed by atoms with Gasteiger partial charge in [-0.15, -0.1) is 0 Å². The number of allylic oxidation sites excluding steroid dienone is 1. The number of non-ortho nitro benzene ring substituents is 1. The average molecular weight is 396 g/mol. The molecule has 1 aliphatic rings. The van der Waals surface area contributed by atoms with Crippen LogP contribution in [0.15, 0.2) is 54.6 Å². The normalized spacial score (nSPS) is 14.0. The third-order valence-corrected chi connectivity index (χ3v) is 4.37. The summed E-state index contributed by atoms with van der Waals surface area (Å²) < 4.78 is 10.7. The van der Waals surface area contributed by atoms with Gasteiger partial charge >= 0.3 is 0 Å². The van der Waals surface area contributed by atoms with Crippen molar-refractivity contribution in [1.29, 1.82) is 0 Å². The molecule has 0 spiro atoms. The molecule has 1 aliphatic heterocycles. The molecule has 1 heterocycles. The maximum atomic E-state index is 12.3. The van der Waals surface area contributed by atoms with Gasteiger partial charge in [-0.25, -0.2) is 0 Å². The summed E-state index contributed by atoms with van der Waals surface area (Å²) in [7, 11) is 0. The largest absolute Gasteiger partial charge is 0.484 e. The van der Waals surface area contributed by atoms with E-state index >= 15 is 0 Å². The highest BCUT2D eigenvalue weighted by atomic mass is 16.6. The molecule has 150 valence electrons. The lowest BCUT2D eigenvalue weighted by atomic mass is 10.1. The molecule has 1 amide bonds. The molecular weight excluding hydrogens is 376 g/mol. The maximum Gasteiger partial charge on any atom is 0.270 e. The molecule has 1 saturated heterocycles. The van der Waals surface area contributed by atoms with Gasteiger partial charge in [-0.2, -0.15) is 0 Å². The van der Waals surface area contributed by atoms with E-state index in [2.05, 4.69) is 0 Å². The SMILES string of the molecule is O=C(/C=C/c1cccc([N+](=O)[O-])c1)c1ccc(OCC(=O)N2CCOCC2)cc1. The smallest absolute Gasteiger partial charge is 0.270 e. The molecule has 8 heteroatoms. The van der Waals surface area contributed by atoms with E-state index in [0.29, 0.717) is 43.2 Å². The zero-order valence-electron chi connectivity index (χ0n) is 15.7.